The average Bonchev–Trinajstić information content (AvgIpc) is 2.55. The van der Waals surface area contributed by atoms with Gasteiger partial charge in [0.25, 0.3) is 0 Å². The van der Waals surface area contributed by atoms with Crippen molar-refractivity contribution in [2.75, 3.05) is 24.8 Å². The van der Waals surface area contributed by atoms with Crippen molar-refractivity contribution >= 4 is 23.4 Å². The largest absolute Gasteiger partial charge is 0.493 e. The maximum atomic E-state index is 12.0. The number of carbonyl (C=O) groups excluding carboxylic acids is 1. The van der Waals surface area contributed by atoms with E-state index in [1.807, 2.05) is 19.1 Å². The van der Waals surface area contributed by atoms with Crippen molar-refractivity contribution in [1.29, 1.82) is 0 Å². The predicted octanol–water partition coefficient (Wildman–Crippen LogP) is 3.22. The standard InChI is InChI=1S/C16H18N2O3S/c1-3-21-14-5-4-12(10-15(14)20-2)18-16(19)11-22-13-6-8-17-9-7-13/h4-10H,3,11H2,1-2H3,(H,18,19). The van der Waals surface area contributed by atoms with Crippen LogP contribution < -0.4 is 14.8 Å². The highest BCUT2D eigenvalue weighted by atomic mass is 32.2. The fraction of sp³-hybridized carbons (Fsp3) is 0.250. The number of hydrogen-bond donors (Lipinski definition) is 1. The van der Waals surface area contributed by atoms with Crippen molar-refractivity contribution in [2.24, 2.45) is 0 Å². The second kappa shape index (κ2) is 8.29. The zero-order valence-corrected chi connectivity index (χ0v) is 13.4. The van der Waals surface area contributed by atoms with Crippen LogP contribution in [-0.2, 0) is 4.79 Å². The molecular weight excluding hydrogens is 300 g/mol. The van der Waals surface area contributed by atoms with Crippen LogP contribution in [0.25, 0.3) is 0 Å². The summed E-state index contributed by atoms with van der Waals surface area (Å²) in [6.07, 6.45) is 3.41. The number of benzene rings is 1. The summed E-state index contributed by atoms with van der Waals surface area (Å²) < 4.78 is 10.7. The van der Waals surface area contributed by atoms with Crippen LogP contribution >= 0.6 is 11.8 Å². The van der Waals surface area contributed by atoms with E-state index in [1.165, 1.54) is 11.8 Å². The fourth-order valence-corrected chi connectivity index (χ4v) is 2.48. The quantitative estimate of drug-likeness (QED) is 0.794. The van der Waals surface area contributed by atoms with Crippen molar-refractivity contribution in [1.82, 2.24) is 4.98 Å². The Balaban J connectivity index is 1.93. The Bertz CT molecular complexity index is 620. The van der Waals surface area contributed by atoms with Crippen LogP contribution in [-0.4, -0.2) is 30.4 Å². The lowest BCUT2D eigenvalue weighted by molar-refractivity contribution is -0.113. The van der Waals surface area contributed by atoms with Gasteiger partial charge in [0.05, 0.1) is 19.5 Å². The molecule has 2 aromatic rings. The van der Waals surface area contributed by atoms with E-state index in [9.17, 15) is 4.79 Å². The number of aromatic nitrogens is 1. The molecule has 0 fully saturated rings. The first-order chi connectivity index (χ1) is 10.7. The average molecular weight is 318 g/mol. The normalized spacial score (nSPS) is 10.1. The van der Waals surface area contributed by atoms with Crippen LogP contribution in [0.2, 0.25) is 0 Å². The second-order valence-electron chi connectivity index (χ2n) is 4.32. The van der Waals surface area contributed by atoms with Crippen LogP contribution in [0.3, 0.4) is 0 Å². The molecule has 1 heterocycles. The SMILES string of the molecule is CCOc1ccc(NC(=O)CSc2ccncc2)cc1OC. The maximum Gasteiger partial charge on any atom is 0.234 e. The first-order valence-electron chi connectivity index (χ1n) is 6.86. The summed E-state index contributed by atoms with van der Waals surface area (Å²) in [7, 11) is 1.57. The van der Waals surface area contributed by atoms with E-state index in [1.54, 1.807) is 37.7 Å². The highest BCUT2D eigenvalue weighted by molar-refractivity contribution is 8.00. The number of anilines is 1. The lowest BCUT2D eigenvalue weighted by Gasteiger charge is -2.11. The highest BCUT2D eigenvalue weighted by Crippen LogP contribution is 2.30. The number of nitrogens with one attached hydrogen (secondary N) is 1. The monoisotopic (exact) mass is 318 g/mol. The third-order valence-corrected chi connectivity index (χ3v) is 3.78. The smallest absolute Gasteiger partial charge is 0.234 e. The van der Waals surface area contributed by atoms with Crippen molar-refractivity contribution in [3.8, 4) is 11.5 Å². The van der Waals surface area contributed by atoms with Gasteiger partial charge in [-0.1, -0.05) is 0 Å². The topological polar surface area (TPSA) is 60.5 Å². The van der Waals surface area contributed by atoms with E-state index in [0.717, 1.165) is 4.90 Å². The number of ether oxygens (including phenoxy) is 2. The second-order valence-corrected chi connectivity index (χ2v) is 5.37. The molecule has 0 aliphatic heterocycles. The van der Waals surface area contributed by atoms with Crippen molar-refractivity contribution < 1.29 is 14.3 Å². The summed E-state index contributed by atoms with van der Waals surface area (Å²) in [6.45, 7) is 2.47. The van der Waals surface area contributed by atoms with Gasteiger partial charge in [0.1, 0.15) is 0 Å². The molecule has 1 aromatic heterocycles. The molecule has 0 atom stereocenters. The molecule has 116 valence electrons. The molecule has 1 aromatic carbocycles. The van der Waals surface area contributed by atoms with E-state index in [4.69, 9.17) is 9.47 Å². The lowest BCUT2D eigenvalue weighted by Crippen LogP contribution is -2.14. The van der Waals surface area contributed by atoms with Gasteiger partial charge in [-0.2, -0.15) is 0 Å². The van der Waals surface area contributed by atoms with Gasteiger partial charge in [-0.15, -0.1) is 11.8 Å². The van der Waals surface area contributed by atoms with Crippen molar-refractivity contribution in [2.45, 2.75) is 11.8 Å². The summed E-state index contributed by atoms with van der Waals surface area (Å²) in [4.78, 5) is 16.9. The summed E-state index contributed by atoms with van der Waals surface area (Å²) in [5, 5.41) is 2.85. The highest BCUT2D eigenvalue weighted by Gasteiger charge is 2.08. The molecule has 22 heavy (non-hydrogen) atoms. The number of methoxy groups -OCH3 is 1. The van der Waals surface area contributed by atoms with Crippen molar-refractivity contribution in [3.63, 3.8) is 0 Å². The van der Waals surface area contributed by atoms with Gasteiger partial charge in [0.2, 0.25) is 5.91 Å². The third-order valence-electron chi connectivity index (χ3n) is 2.77. The van der Waals surface area contributed by atoms with Gasteiger partial charge in [-0.25, -0.2) is 0 Å². The zero-order valence-electron chi connectivity index (χ0n) is 12.5. The van der Waals surface area contributed by atoms with Gasteiger partial charge >= 0.3 is 0 Å². The number of nitrogens with zero attached hydrogens (tertiary/aromatic N) is 1. The van der Waals surface area contributed by atoms with Gasteiger partial charge in [0.15, 0.2) is 11.5 Å². The number of carbonyl (C=O) groups is 1. The molecule has 1 amide bonds. The van der Waals surface area contributed by atoms with Crippen LogP contribution in [0.5, 0.6) is 11.5 Å². The number of rotatable bonds is 7. The van der Waals surface area contributed by atoms with Crippen molar-refractivity contribution in [3.05, 3.63) is 42.7 Å². The summed E-state index contributed by atoms with van der Waals surface area (Å²) in [5.74, 6) is 1.52. The van der Waals surface area contributed by atoms with Crippen LogP contribution in [0.15, 0.2) is 47.6 Å². The Morgan fingerprint density at radius 2 is 2.00 bits per heavy atom. The minimum absolute atomic E-state index is 0.0759. The molecule has 1 N–H and O–H groups in total. The first-order valence-corrected chi connectivity index (χ1v) is 7.85. The van der Waals surface area contributed by atoms with Crippen LogP contribution in [0.4, 0.5) is 5.69 Å². The molecule has 5 nitrogen and oxygen atoms in total. The molecule has 0 aliphatic carbocycles. The molecule has 0 unspecified atom stereocenters. The molecular formula is C16H18N2O3S. The van der Waals surface area contributed by atoms with Gasteiger partial charge in [-0.05, 0) is 31.2 Å². The molecule has 0 aliphatic rings. The molecule has 2 rings (SSSR count). The number of thioether (sulfide) groups is 1. The first kappa shape index (κ1) is 16.2. The van der Waals surface area contributed by atoms with E-state index in [-0.39, 0.29) is 5.91 Å². The molecule has 0 saturated heterocycles. The number of amides is 1. The van der Waals surface area contributed by atoms with E-state index in [0.29, 0.717) is 29.5 Å². The Morgan fingerprint density at radius 3 is 2.68 bits per heavy atom. The van der Waals surface area contributed by atoms with E-state index < -0.39 is 0 Å². The maximum absolute atomic E-state index is 12.0. The number of hydrogen-bond acceptors (Lipinski definition) is 5. The Morgan fingerprint density at radius 1 is 1.23 bits per heavy atom. The van der Waals surface area contributed by atoms with E-state index >= 15 is 0 Å². The van der Waals surface area contributed by atoms with Crippen LogP contribution in [0.1, 0.15) is 6.92 Å². The minimum Gasteiger partial charge on any atom is -0.493 e. The molecule has 0 spiro atoms. The molecule has 0 radical (unpaired) electrons. The number of pyridine rings is 1. The van der Waals surface area contributed by atoms with E-state index in [2.05, 4.69) is 10.3 Å². The summed E-state index contributed by atoms with van der Waals surface area (Å²) in [5.41, 5.74) is 0.681. The molecule has 6 heteroatoms. The van der Waals surface area contributed by atoms with Gasteiger partial charge < -0.3 is 14.8 Å². The third kappa shape index (κ3) is 4.66. The van der Waals surface area contributed by atoms with Gasteiger partial charge in [-0.3, -0.25) is 9.78 Å². The predicted molar refractivity (Wildman–Crippen MR) is 87.8 cm³/mol. The Kier molecular flexibility index (Phi) is 6.09. The zero-order chi connectivity index (χ0) is 15.8. The molecule has 0 saturated carbocycles. The van der Waals surface area contributed by atoms with Gasteiger partial charge in [0, 0.05) is 29.0 Å². The lowest BCUT2D eigenvalue weighted by atomic mass is 10.2. The fourth-order valence-electron chi connectivity index (χ4n) is 1.80. The Hall–Kier alpha value is -2.21. The summed E-state index contributed by atoms with van der Waals surface area (Å²) in [6, 6.07) is 9.08. The van der Waals surface area contributed by atoms with Crippen LogP contribution in [0, 0.1) is 0 Å². The molecule has 0 bridgehead atoms. The Labute approximate surface area is 134 Å². The minimum atomic E-state index is -0.0759. The summed E-state index contributed by atoms with van der Waals surface area (Å²) >= 11 is 1.46.